The van der Waals surface area contributed by atoms with E-state index in [4.69, 9.17) is 5.11 Å². The van der Waals surface area contributed by atoms with E-state index in [0.717, 1.165) is 0 Å². The Bertz CT molecular complexity index is 181. The summed E-state index contributed by atoms with van der Waals surface area (Å²) in [5.74, 6) is -1.02. The Labute approximate surface area is 71.9 Å². The molecule has 0 aliphatic carbocycles. The van der Waals surface area contributed by atoms with Crippen molar-refractivity contribution < 1.29 is 15.0 Å². The highest BCUT2D eigenvalue weighted by Gasteiger charge is 2.12. The molecule has 3 N–H and O–H groups in total. The Kier molecular flexibility index (Phi) is 3.92. The highest BCUT2D eigenvalue weighted by Crippen LogP contribution is 1.97. The minimum absolute atomic E-state index is 0.0965. The second kappa shape index (κ2) is 4.23. The smallest absolute Gasteiger partial charge is 0.332 e. The lowest BCUT2D eigenvalue weighted by Crippen LogP contribution is -2.36. The fraction of sp³-hybridized carbons (Fsp3) is 0.625. The summed E-state index contributed by atoms with van der Waals surface area (Å²) in [6.45, 7) is 7.16. The summed E-state index contributed by atoms with van der Waals surface area (Å²) in [4.78, 5) is 10.3. The van der Waals surface area contributed by atoms with Crippen LogP contribution < -0.4 is 5.32 Å². The number of aliphatic carboxylic acids is 1. The summed E-state index contributed by atoms with van der Waals surface area (Å²) < 4.78 is 0. The van der Waals surface area contributed by atoms with Crippen LogP contribution in [0.2, 0.25) is 0 Å². The Hall–Kier alpha value is -0.870. The van der Waals surface area contributed by atoms with Crippen LogP contribution in [0.3, 0.4) is 0 Å². The van der Waals surface area contributed by atoms with Crippen LogP contribution in [0.25, 0.3) is 0 Å². The van der Waals surface area contributed by atoms with Crippen molar-refractivity contribution in [3.63, 3.8) is 0 Å². The van der Waals surface area contributed by atoms with Crippen LogP contribution in [0.15, 0.2) is 12.2 Å². The normalized spacial score (nSPS) is 11.2. The Morgan fingerprint density at radius 1 is 1.58 bits per heavy atom. The first-order chi connectivity index (χ1) is 5.33. The van der Waals surface area contributed by atoms with Crippen molar-refractivity contribution in [3.8, 4) is 0 Å². The quantitative estimate of drug-likeness (QED) is 0.511. The summed E-state index contributed by atoms with van der Waals surface area (Å²) in [6.07, 6.45) is 0. The zero-order chi connectivity index (χ0) is 9.78. The standard InChI is InChI=1S/C8H15NO3/c1-6(7(10)11)4-9-5-8(2,3)12/h9,12H,1,4-5H2,2-3H3,(H,10,11). The first kappa shape index (κ1) is 11.1. The van der Waals surface area contributed by atoms with Crippen molar-refractivity contribution in [2.24, 2.45) is 0 Å². The van der Waals surface area contributed by atoms with Gasteiger partial charge in [-0.15, -0.1) is 0 Å². The van der Waals surface area contributed by atoms with E-state index in [1.54, 1.807) is 13.8 Å². The summed E-state index contributed by atoms with van der Waals surface area (Å²) in [6, 6.07) is 0. The minimum atomic E-state index is -1.02. The van der Waals surface area contributed by atoms with E-state index < -0.39 is 11.6 Å². The zero-order valence-electron chi connectivity index (χ0n) is 7.42. The molecule has 0 heterocycles. The molecule has 0 aliphatic heterocycles. The highest BCUT2D eigenvalue weighted by atomic mass is 16.4. The molecule has 0 atom stereocenters. The molecule has 0 aromatic heterocycles. The first-order valence-corrected chi connectivity index (χ1v) is 3.67. The molecular weight excluding hydrogens is 158 g/mol. The predicted molar refractivity (Wildman–Crippen MR) is 45.9 cm³/mol. The van der Waals surface area contributed by atoms with Crippen molar-refractivity contribution in [3.05, 3.63) is 12.2 Å². The van der Waals surface area contributed by atoms with E-state index in [-0.39, 0.29) is 12.1 Å². The van der Waals surface area contributed by atoms with Gasteiger partial charge in [0.15, 0.2) is 0 Å². The number of carboxylic acids is 1. The van der Waals surface area contributed by atoms with Crippen molar-refractivity contribution in [2.75, 3.05) is 13.1 Å². The maximum absolute atomic E-state index is 10.3. The van der Waals surface area contributed by atoms with E-state index in [9.17, 15) is 9.90 Å². The number of hydrogen-bond acceptors (Lipinski definition) is 3. The average Bonchev–Trinajstić information content (AvgIpc) is 1.84. The van der Waals surface area contributed by atoms with Gasteiger partial charge in [0.1, 0.15) is 0 Å². The molecule has 0 saturated heterocycles. The van der Waals surface area contributed by atoms with E-state index in [1.165, 1.54) is 0 Å². The summed E-state index contributed by atoms with van der Waals surface area (Å²) in [7, 11) is 0. The molecular formula is C8H15NO3. The number of hydrogen-bond donors (Lipinski definition) is 3. The predicted octanol–water partition coefficient (Wildman–Crippen LogP) is -0.0123. The third-order valence-corrected chi connectivity index (χ3v) is 1.20. The van der Waals surface area contributed by atoms with E-state index in [0.29, 0.717) is 6.54 Å². The molecule has 70 valence electrons. The minimum Gasteiger partial charge on any atom is -0.478 e. The van der Waals surface area contributed by atoms with Crippen molar-refractivity contribution in [2.45, 2.75) is 19.4 Å². The first-order valence-electron chi connectivity index (χ1n) is 3.67. The zero-order valence-corrected chi connectivity index (χ0v) is 7.42. The lowest BCUT2D eigenvalue weighted by Gasteiger charge is -2.17. The SMILES string of the molecule is C=C(CNCC(C)(C)O)C(=O)O. The molecule has 4 heteroatoms. The molecule has 0 fully saturated rings. The van der Waals surface area contributed by atoms with Gasteiger partial charge in [0.2, 0.25) is 0 Å². The lowest BCUT2D eigenvalue weighted by molar-refractivity contribution is -0.132. The monoisotopic (exact) mass is 173 g/mol. The van der Waals surface area contributed by atoms with Gasteiger partial charge in [-0.3, -0.25) is 0 Å². The van der Waals surface area contributed by atoms with Crippen LogP contribution in [0.4, 0.5) is 0 Å². The maximum atomic E-state index is 10.3. The number of carbonyl (C=O) groups is 1. The molecule has 0 rings (SSSR count). The van der Waals surface area contributed by atoms with Gasteiger partial charge in [-0.25, -0.2) is 4.79 Å². The molecule has 0 spiro atoms. The average molecular weight is 173 g/mol. The van der Waals surface area contributed by atoms with Gasteiger partial charge in [-0.2, -0.15) is 0 Å². The molecule has 0 saturated carbocycles. The van der Waals surface area contributed by atoms with Crippen molar-refractivity contribution in [1.29, 1.82) is 0 Å². The molecule has 0 aromatic carbocycles. The molecule has 0 amide bonds. The summed E-state index contributed by atoms with van der Waals surface area (Å²) >= 11 is 0. The van der Waals surface area contributed by atoms with E-state index >= 15 is 0 Å². The Morgan fingerprint density at radius 2 is 2.08 bits per heavy atom. The van der Waals surface area contributed by atoms with E-state index in [1.807, 2.05) is 0 Å². The van der Waals surface area contributed by atoms with Crippen molar-refractivity contribution in [1.82, 2.24) is 5.32 Å². The third-order valence-electron chi connectivity index (χ3n) is 1.20. The summed E-state index contributed by atoms with van der Waals surface area (Å²) in [5, 5.41) is 20.4. The Morgan fingerprint density at radius 3 is 2.42 bits per heavy atom. The van der Waals surface area contributed by atoms with Gasteiger partial charge in [-0.1, -0.05) is 6.58 Å². The molecule has 0 bridgehead atoms. The number of aliphatic hydroxyl groups is 1. The number of rotatable bonds is 5. The van der Waals surface area contributed by atoms with Crippen LogP contribution in [-0.4, -0.2) is 34.9 Å². The van der Waals surface area contributed by atoms with Gasteiger partial charge in [-0.05, 0) is 13.8 Å². The third kappa shape index (κ3) is 5.88. The topological polar surface area (TPSA) is 69.6 Å². The molecule has 0 aromatic rings. The van der Waals surface area contributed by atoms with Crippen LogP contribution in [-0.2, 0) is 4.79 Å². The van der Waals surface area contributed by atoms with Gasteiger partial charge < -0.3 is 15.5 Å². The highest BCUT2D eigenvalue weighted by molar-refractivity contribution is 5.86. The lowest BCUT2D eigenvalue weighted by atomic mass is 10.1. The van der Waals surface area contributed by atoms with Crippen LogP contribution >= 0.6 is 0 Å². The second-order valence-corrected chi connectivity index (χ2v) is 3.32. The largest absolute Gasteiger partial charge is 0.478 e. The molecule has 4 nitrogen and oxygen atoms in total. The van der Waals surface area contributed by atoms with Gasteiger partial charge in [0, 0.05) is 18.7 Å². The number of carboxylic acid groups (broad SMARTS) is 1. The molecule has 0 radical (unpaired) electrons. The van der Waals surface area contributed by atoms with Gasteiger partial charge >= 0.3 is 5.97 Å². The van der Waals surface area contributed by atoms with Gasteiger partial charge in [0.25, 0.3) is 0 Å². The van der Waals surface area contributed by atoms with Crippen LogP contribution in [0.5, 0.6) is 0 Å². The summed E-state index contributed by atoms with van der Waals surface area (Å²) in [5.41, 5.74) is -0.724. The van der Waals surface area contributed by atoms with Crippen molar-refractivity contribution >= 4 is 5.97 Å². The van der Waals surface area contributed by atoms with Crippen LogP contribution in [0.1, 0.15) is 13.8 Å². The van der Waals surface area contributed by atoms with Crippen LogP contribution in [0, 0.1) is 0 Å². The molecule has 0 aliphatic rings. The fourth-order valence-corrected chi connectivity index (χ4v) is 0.595. The maximum Gasteiger partial charge on any atom is 0.332 e. The fourth-order valence-electron chi connectivity index (χ4n) is 0.595. The molecule has 0 unspecified atom stereocenters. The van der Waals surface area contributed by atoms with E-state index in [2.05, 4.69) is 11.9 Å². The number of nitrogens with one attached hydrogen (secondary N) is 1. The molecule has 12 heavy (non-hydrogen) atoms. The Balaban J connectivity index is 3.58. The van der Waals surface area contributed by atoms with Gasteiger partial charge in [0.05, 0.1) is 5.60 Å². The second-order valence-electron chi connectivity index (χ2n) is 3.32.